The van der Waals surface area contributed by atoms with Crippen LogP contribution in [-0.2, 0) is 0 Å². The van der Waals surface area contributed by atoms with Crippen LogP contribution in [0.25, 0.3) is 0 Å². The van der Waals surface area contributed by atoms with Gasteiger partial charge in [-0.15, -0.1) is 0 Å². The topological polar surface area (TPSA) is 3.24 Å². The maximum absolute atomic E-state index is 12.9. The normalized spacial score (nSPS) is 10.5. The van der Waals surface area contributed by atoms with E-state index in [-0.39, 0.29) is 5.82 Å². The Hall–Kier alpha value is -0.540. The smallest absolute Gasteiger partial charge is 0.138 e. The fraction of sp³-hybridized carbons (Fsp3) is 0.250. The minimum atomic E-state index is -0.161. The van der Waals surface area contributed by atoms with Crippen LogP contribution < -0.4 is 0 Å². The lowest BCUT2D eigenvalue weighted by molar-refractivity contribution is 0.597. The van der Waals surface area contributed by atoms with Crippen molar-refractivity contribution in [2.24, 2.45) is 0 Å². The van der Waals surface area contributed by atoms with E-state index in [1.54, 1.807) is 12.1 Å². The fourth-order valence-corrected chi connectivity index (χ4v) is 1.40. The van der Waals surface area contributed by atoms with Crippen LogP contribution in [0.3, 0.4) is 0 Å². The Morgan fingerprint density at radius 2 is 1.91 bits per heavy atom. The first-order valence-corrected chi connectivity index (χ1v) is 4.07. The van der Waals surface area contributed by atoms with Crippen molar-refractivity contribution in [3.63, 3.8) is 0 Å². The maximum Gasteiger partial charge on any atom is 0.138 e. The molecule has 0 atom stereocenters. The van der Waals surface area contributed by atoms with Crippen molar-refractivity contribution >= 4 is 11.9 Å². The molecule has 1 aromatic carbocycles. The van der Waals surface area contributed by atoms with Gasteiger partial charge in [0.2, 0.25) is 0 Å². The van der Waals surface area contributed by atoms with Gasteiger partial charge in [0.1, 0.15) is 5.82 Å². The summed E-state index contributed by atoms with van der Waals surface area (Å²) in [6.07, 6.45) is 0. The van der Waals surface area contributed by atoms with Crippen LogP contribution in [0.4, 0.5) is 4.39 Å². The molecule has 0 aliphatic heterocycles. The molecule has 0 fully saturated rings. The largest absolute Gasteiger partial charge is 0.252 e. The lowest BCUT2D eigenvalue weighted by atomic mass is 10.4. The van der Waals surface area contributed by atoms with E-state index < -0.39 is 0 Å². The average Bonchev–Trinajstić information content (AvgIpc) is 1.93. The summed E-state index contributed by atoms with van der Waals surface area (Å²) in [5.74, 6) is -0.161. The van der Waals surface area contributed by atoms with Gasteiger partial charge in [0.25, 0.3) is 0 Å². The van der Waals surface area contributed by atoms with Gasteiger partial charge in [0, 0.05) is 0 Å². The molecule has 0 saturated carbocycles. The number of nitrogens with zero attached hydrogens (tertiary/aromatic N) is 1. The molecule has 0 spiro atoms. The Labute approximate surface area is 70.3 Å². The molecule has 1 rings (SSSR count). The van der Waals surface area contributed by atoms with E-state index in [0.29, 0.717) is 4.90 Å². The number of rotatable bonds is 2. The van der Waals surface area contributed by atoms with E-state index >= 15 is 0 Å². The Bertz CT molecular complexity index is 237. The molecule has 0 aliphatic rings. The number of hydrogen-bond donors (Lipinski definition) is 0. The highest BCUT2D eigenvalue weighted by atomic mass is 32.2. The van der Waals surface area contributed by atoms with Gasteiger partial charge in [-0.05, 0) is 38.2 Å². The summed E-state index contributed by atoms with van der Waals surface area (Å²) < 4.78 is 14.8. The monoisotopic (exact) mass is 171 g/mol. The van der Waals surface area contributed by atoms with Gasteiger partial charge >= 0.3 is 0 Å². The molecule has 1 aromatic rings. The van der Waals surface area contributed by atoms with Gasteiger partial charge in [-0.2, -0.15) is 0 Å². The summed E-state index contributed by atoms with van der Waals surface area (Å²) in [7, 11) is 3.77. The summed E-state index contributed by atoms with van der Waals surface area (Å²) in [5.41, 5.74) is 0. The third-order valence-electron chi connectivity index (χ3n) is 1.12. The van der Waals surface area contributed by atoms with Gasteiger partial charge in [-0.1, -0.05) is 12.1 Å². The summed E-state index contributed by atoms with van der Waals surface area (Å²) in [5, 5.41) is 0. The van der Waals surface area contributed by atoms with E-state index in [0.717, 1.165) is 0 Å². The second kappa shape index (κ2) is 3.74. The molecule has 0 saturated heterocycles. The van der Waals surface area contributed by atoms with Crippen LogP contribution in [-0.4, -0.2) is 18.4 Å². The Kier molecular flexibility index (Phi) is 2.91. The molecular formula is C8H10FNS. The third kappa shape index (κ3) is 2.52. The van der Waals surface area contributed by atoms with Crippen LogP contribution in [0.1, 0.15) is 0 Å². The molecule has 0 aromatic heterocycles. The van der Waals surface area contributed by atoms with Crippen molar-refractivity contribution in [1.29, 1.82) is 0 Å². The van der Waals surface area contributed by atoms with E-state index in [2.05, 4.69) is 0 Å². The van der Waals surface area contributed by atoms with Crippen molar-refractivity contribution in [2.75, 3.05) is 14.1 Å². The molecule has 60 valence electrons. The lowest BCUT2D eigenvalue weighted by Crippen LogP contribution is -1.99. The fourth-order valence-electron chi connectivity index (χ4n) is 0.715. The number of hydrogen-bond acceptors (Lipinski definition) is 2. The number of halogens is 1. The zero-order chi connectivity index (χ0) is 8.27. The standard InChI is InChI=1S/C8H10FNS/c1-10(2)11-8-6-4-3-5-7(8)9/h3-6H,1-2H3. The summed E-state index contributed by atoms with van der Waals surface area (Å²) in [4.78, 5) is 0.664. The molecule has 1 nitrogen and oxygen atoms in total. The molecule has 0 unspecified atom stereocenters. The summed E-state index contributed by atoms with van der Waals surface area (Å²) in [6, 6.07) is 6.75. The van der Waals surface area contributed by atoms with E-state index in [9.17, 15) is 4.39 Å². The SMILES string of the molecule is CN(C)Sc1ccccc1F. The van der Waals surface area contributed by atoms with Crippen molar-refractivity contribution < 1.29 is 4.39 Å². The molecule has 11 heavy (non-hydrogen) atoms. The van der Waals surface area contributed by atoms with Crippen molar-refractivity contribution in [3.8, 4) is 0 Å². The first kappa shape index (κ1) is 8.56. The second-order valence-corrected chi connectivity index (χ2v) is 3.69. The molecular weight excluding hydrogens is 161 g/mol. The molecule has 0 N–H and O–H groups in total. The predicted octanol–water partition coefficient (Wildman–Crippen LogP) is 2.39. The summed E-state index contributed by atoms with van der Waals surface area (Å²) in [6.45, 7) is 0. The predicted molar refractivity (Wildman–Crippen MR) is 45.9 cm³/mol. The molecule has 0 radical (unpaired) electrons. The van der Waals surface area contributed by atoms with Crippen LogP contribution in [0.2, 0.25) is 0 Å². The van der Waals surface area contributed by atoms with Crippen LogP contribution in [0.15, 0.2) is 29.2 Å². The summed E-state index contributed by atoms with van der Waals surface area (Å²) >= 11 is 1.38. The Morgan fingerprint density at radius 3 is 2.45 bits per heavy atom. The highest BCUT2D eigenvalue weighted by molar-refractivity contribution is 7.97. The van der Waals surface area contributed by atoms with E-state index in [4.69, 9.17) is 0 Å². The Balaban J connectivity index is 2.78. The van der Waals surface area contributed by atoms with E-state index in [1.165, 1.54) is 18.0 Å². The maximum atomic E-state index is 12.9. The van der Waals surface area contributed by atoms with Gasteiger partial charge in [0.05, 0.1) is 4.90 Å². The third-order valence-corrected chi connectivity index (χ3v) is 2.01. The minimum absolute atomic E-state index is 0.161. The minimum Gasteiger partial charge on any atom is -0.252 e. The van der Waals surface area contributed by atoms with Crippen molar-refractivity contribution in [2.45, 2.75) is 4.90 Å². The molecule has 0 bridgehead atoms. The van der Waals surface area contributed by atoms with Gasteiger partial charge < -0.3 is 0 Å². The highest BCUT2D eigenvalue weighted by Crippen LogP contribution is 2.21. The second-order valence-electron chi connectivity index (χ2n) is 2.33. The quantitative estimate of drug-likeness (QED) is 0.628. The molecule has 0 heterocycles. The highest BCUT2D eigenvalue weighted by Gasteiger charge is 2.01. The van der Waals surface area contributed by atoms with Crippen LogP contribution in [0, 0.1) is 5.82 Å². The van der Waals surface area contributed by atoms with Crippen molar-refractivity contribution in [1.82, 2.24) is 4.31 Å². The zero-order valence-electron chi connectivity index (χ0n) is 6.54. The molecule has 3 heteroatoms. The van der Waals surface area contributed by atoms with Crippen LogP contribution >= 0.6 is 11.9 Å². The average molecular weight is 171 g/mol. The van der Waals surface area contributed by atoms with E-state index in [1.807, 2.05) is 24.5 Å². The van der Waals surface area contributed by atoms with Crippen LogP contribution in [0.5, 0.6) is 0 Å². The molecule has 0 aliphatic carbocycles. The molecule has 0 amide bonds. The first-order valence-electron chi connectivity index (χ1n) is 3.30. The van der Waals surface area contributed by atoms with Gasteiger partial charge in [0.15, 0.2) is 0 Å². The Morgan fingerprint density at radius 1 is 1.27 bits per heavy atom. The number of benzene rings is 1. The van der Waals surface area contributed by atoms with Crippen molar-refractivity contribution in [3.05, 3.63) is 30.1 Å². The lowest BCUT2D eigenvalue weighted by Gasteiger charge is -2.07. The zero-order valence-corrected chi connectivity index (χ0v) is 7.36. The first-order chi connectivity index (χ1) is 5.20. The van der Waals surface area contributed by atoms with Gasteiger partial charge in [-0.3, -0.25) is 4.31 Å². The van der Waals surface area contributed by atoms with Gasteiger partial charge in [-0.25, -0.2) is 4.39 Å².